The molecule has 0 heterocycles. The lowest BCUT2D eigenvalue weighted by Gasteiger charge is -2.17. The Morgan fingerprint density at radius 2 is 2.00 bits per heavy atom. The van der Waals surface area contributed by atoms with E-state index in [9.17, 15) is 4.79 Å². The Morgan fingerprint density at radius 3 is 2.62 bits per heavy atom. The highest BCUT2D eigenvalue weighted by Gasteiger charge is 2.36. The second-order valence-corrected chi connectivity index (χ2v) is 4.31. The minimum absolute atomic E-state index is 0.0556. The predicted molar refractivity (Wildman–Crippen MR) is 63.1 cm³/mol. The van der Waals surface area contributed by atoms with E-state index >= 15 is 0 Å². The molecule has 0 radical (unpaired) electrons. The van der Waals surface area contributed by atoms with Crippen LogP contribution in [0.2, 0.25) is 0 Å². The first-order valence-electron chi connectivity index (χ1n) is 5.52. The van der Waals surface area contributed by atoms with Crippen molar-refractivity contribution in [1.82, 2.24) is 0 Å². The molecule has 1 fully saturated rings. The third kappa shape index (κ3) is 2.01. The molecule has 0 amide bonds. The third-order valence-electron chi connectivity index (χ3n) is 3.23. The van der Waals surface area contributed by atoms with Crippen molar-refractivity contribution in [3.05, 3.63) is 48.0 Å². The van der Waals surface area contributed by atoms with Gasteiger partial charge in [-0.25, -0.2) is 0 Å². The molecule has 0 spiro atoms. The van der Waals surface area contributed by atoms with Crippen LogP contribution in [-0.2, 0) is 9.53 Å². The molecule has 84 valence electrons. The second kappa shape index (κ2) is 4.52. The van der Waals surface area contributed by atoms with E-state index in [0.717, 1.165) is 18.4 Å². The molecule has 1 aliphatic rings. The molecule has 0 saturated heterocycles. The van der Waals surface area contributed by atoms with Gasteiger partial charge in [-0.3, -0.25) is 4.79 Å². The van der Waals surface area contributed by atoms with Crippen LogP contribution < -0.4 is 0 Å². The quantitative estimate of drug-likeness (QED) is 0.561. The van der Waals surface area contributed by atoms with Gasteiger partial charge in [-0.1, -0.05) is 42.5 Å². The Kier molecular flexibility index (Phi) is 3.09. The minimum atomic E-state index is -0.118. The Labute approximate surface area is 95.9 Å². The van der Waals surface area contributed by atoms with Crippen LogP contribution in [0.5, 0.6) is 0 Å². The van der Waals surface area contributed by atoms with Crippen LogP contribution in [0.4, 0.5) is 0 Å². The number of hydrogen-bond acceptors (Lipinski definition) is 2. The summed E-state index contributed by atoms with van der Waals surface area (Å²) in [6.45, 7) is 3.99. The van der Waals surface area contributed by atoms with E-state index in [0.29, 0.717) is 0 Å². The summed E-state index contributed by atoms with van der Waals surface area (Å²) in [5, 5.41) is 0. The molecule has 2 rings (SSSR count). The van der Waals surface area contributed by atoms with Crippen molar-refractivity contribution in [2.24, 2.45) is 5.92 Å². The number of benzene rings is 1. The van der Waals surface area contributed by atoms with Gasteiger partial charge in [-0.15, -0.1) is 0 Å². The fourth-order valence-corrected chi connectivity index (χ4v) is 2.44. The molecule has 0 bridgehead atoms. The molecule has 2 heteroatoms. The van der Waals surface area contributed by atoms with Crippen molar-refractivity contribution in [3.8, 4) is 0 Å². The van der Waals surface area contributed by atoms with Crippen LogP contribution in [-0.4, -0.2) is 13.1 Å². The summed E-state index contributed by atoms with van der Waals surface area (Å²) in [4.78, 5) is 11.7. The number of hydrogen-bond donors (Lipinski definition) is 0. The Morgan fingerprint density at radius 1 is 1.31 bits per heavy atom. The third-order valence-corrected chi connectivity index (χ3v) is 3.23. The number of allylic oxidation sites excluding steroid dienone is 1. The summed E-state index contributed by atoms with van der Waals surface area (Å²) in [5.41, 5.74) is 2.35. The molecule has 2 atom stereocenters. The van der Waals surface area contributed by atoms with E-state index in [4.69, 9.17) is 4.74 Å². The van der Waals surface area contributed by atoms with Crippen LogP contribution in [0.15, 0.2) is 42.5 Å². The fraction of sp³-hybridized carbons (Fsp3) is 0.357. The molecular weight excluding hydrogens is 200 g/mol. The number of carbonyl (C=O) groups is 1. The zero-order valence-electron chi connectivity index (χ0n) is 9.48. The molecule has 1 saturated carbocycles. The molecular formula is C14H16O2. The van der Waals surface area contributed by atoms with Gasteiger partial charge in [0, 0.05) is 5.92 Å². The monoisotopic (exact) mass is 216 g/mol. The first-order chi connectivity index (χ1) is 7.72. The molecule has 1 aliphatic carbocycles. The minimum Gasteiger partial charge on any atom is -0.469 e. The molecule has 0 aliphatic heterocycles. The smallest absolute Gasteiger partial charge is 0.309 e. The topological polar surface area (TPSA) is 26.3 Å². The van der Waals surface area contributed by atoms with E-state index in [1.54, 1.807) is 0 Å². The highest BCUT2D eigenvalue weighted by molar-refractivity contribution is 5.75. The lowest BCUT2D eigenvalue weighted by atomic mass is 9.89. The maximum atomic E-state index is 11.7. The van der Waals surface area contributed by atoms with E-state index in [1.165, 1.54) is 12.7 Å². The highest BCUT2D eigenvalue weighted by Crippen LogP contribution is 2.42. The normalized spacial score (nSPS) is 24.4. The second-order valence-electron chi connectivity index (χ2n) is 4.31. The number of methoxy groups -OCH3 is 1. The first-order valence-corrected chi connectivity index (χ1v) is 5.52. The van der Waals surface area contributed by atoms with Crippen LogP contribution >= 0.6 is 0 Å². The summed E-state index contributed by atoms with van der Waals surface area (Å²) >= 11 is 0. The predicted octanol–water partition coefficient (Wildman–Crippen LogP) is 2.91. The molecule has 2 nitrogen and oxygen atoms in total. The first kappa shape index (κ1) is 10.9. The fourth-order valence-electron chi connectivity index (χ4n) is 2.44. The van der Waals surface area contributed by atoms with Crippen molar-refractivity contribution >= 4 is 5.97 Å². The van der Waals surface area contributed by atoms with Gasteiger partial charge in [0.05, 0.1) is 13.0 Å². The molecule has 1 aromatic rings. The van der Waals surface area contributed by atoms with E-state index in [-0.39, 0.29) is 17.8 Å². The maximum absolute atomic E-state index is 11.7. The van der Waals surface area contributed by atoms with Crippen LogP contribution in [0.3, 0.4) is 0 Å². The van der Waals surface area contributed by atoms with Crippen molar-refractivity contribution < 1.29 is 9.53 Å². The van der Waals surface area contributed by atoms with Crippen molar-refractivity contribution in [3.63, 3.8) is 0 Å². The highest BCUT2D eigenvalue weighted by atomic mass is 16.5. The molecule has 0 N–H and O–H groups in total. The summed E-state index contributed by atoms with van der Waals surface area (Å²) in [6.07, 6.45) is 1.65. The van der Waals surface area contributed by atoms with Gasteiger partial charge < -0.3 is 4.74 Å². The van der Waals surface area contributed by atoms with Crippen LogP contribution in [0.1, 0.15) is 24.3 Å². The Balaban J connectivity index is 2.26. The van der Waals surface area contributed by atoms with Gasteiger partial charge in [0.1, 0.15) is 0 Å². The standard InChI is InChI=1S/C14H16O2/c1-10-8-12(11-6-4-3-5-7-11)13(9-10)14(15)16-2/h3-7,12-13H,1,8-9H2,2H3. The number of ether oxygens (including phenoxy) is 1. The summed E-state index contributed by atoms with van der Waals surface area (Å²) in [5.74, 6) is 0.0635. The van der Waals surface area contributed by atoms with E-state index < -0.39 is 0 Å². The largest absolute Gasteiger partial charge is 0.469 e. The molecule has 16 heavy (non-hydrogen) atoms. The number of carbonyl (C=O) groups excluding carboxylic acids is 1. The molecule has 0 aromatic heterocycles. The van der Waals surface area contributed by atoms with Gasteiger partial charge >= 0.3 is 5.97 Å². The number of rotatable bonds is 2. The summed E-state index contributed by atoms with van der Waals surface area (Å²) in [6, 6.07) is 10.1. The maximum Gasteiger partial charge on any atom is 0.309 e. The van der Waals surface area contributed by atoms with Gasteiger partial charge in [-0.2, -0.15) is 0 Å². The SMILES string of the molecule is C=C1CC(C(=O)OC)C(c2ccccc2)C1. The number of esters is 1. The molecule has 1 aromatic carbocycles. The van der Waals surface area contributed by atoms with Crippen molar-refractivity contribution in [2.45, 2.75) is 18.8 Å². The van der Waals surface area contributed by atoms with Crippen molar-refractivity contribution in [1.29, 1.82) is 0 Å². The Hall–Kier alpha value is -1.57. The lowest BCUT2D eigenvalue weighted by Crippen LogP contribution is -2.18. The lowest BCUT2D eigenvalue weighted by molar-refractivity contribution is -0.145. The van der Waals surface area contributed by atoms with Gasteiger partial charge in [0.25, 0.3) is 0 Å². The average molecular weight is 216 g/mol. The van der Waals surface area contributed by atoms with Crippen molar-refractivity contribution in [2.75, 3.05) is 7.11 Å². The summed E-state index contributed by atoms with van der Waals surface area (Å²) in [7, 11) is 1.45. The average Bonchev–Trinajstić information content (AvgIpc) is 2.71. The van der Waals surface area contributed by atoms with Gasteiger partial charge in [0.15, 0.2) is 0 Å². The zero-order valence-corrected chi connectivity index (χ0v) is 9.48. The van der Waals surface area contributed by atoms with E-state index in [1.807, 2.05) is 18.2 Å². The van der Waals surface area contributed by atoms with Gasteiger partial charge in [-0.05, 0) is 18.4 Å². The van der Waals surface area contributed by atoms with Gasteiger partial charge in [0.2, 0.25) is 0 Å². The molecule has 2 unspecified atom stereocenters. The van der Waals surface area contributed by atoms with E-state index in [2.05, 4.69) is 18.7 Å². The van der Waals surface area contributed by atoms with Crippen LogP contribution in [0.25, 0.3) is 0 Å². The van der Waals surface area contributed by atoms with Crippen LogP contribution in [0, 0.1) is 5.92 Å². The summed E-state index contributed by atoms with van der Waals surface area (Å²) < 4.78 is 4.85. The zero-order chi connectivity index (χ0) is 11.5. The Bertz CT molecular complexity index is 394.